The molecular weight excluding hydrogens is 817 g/mol. The van der Waals surface area contributed by atoms with Crippen LogP contribution in [0.15, 0.2) is 48.6 Å². The molecule has 384 valence electrons. The fraction of sp³-hybridized carbons (Fsp3) is 0.817. The minimum atomic E-state index is -0.779. The highest BCUT2D eigenvalue weighted by molar-refractivity contribution is 5.71. The Morgan fingerprint density at radius 3 is 0.848 bits per heavy atom. The third-order valence-electron chi connectivity index (χ3n) is 12.6. The van der Waals surface area contributed by atoms with Gasteiger partial charge in [0, 0.05) is 19.3 Å². The molecule has 6 heteroatoms. The Kier molecular flexibility index (Phi) is 52.8. The Balaban J connectivity index is 4.32. The van der Waals surface area contributed by atoms with Crippen LogP contribution in [0.5, 0.6) is 0 Å². The maximum absolute atomic E-state index is 12.8. The van der Waals surface area contributed by atoms with E-state index in [4.69, 9.17) is 14.2 Å². The van der Waals surface area contributed by atoms with Crippen molar-refractivity contribution in [3.63, 3.8) is 0 Å². The van der Waals surface area contributed by atoms with Crippen molar-refractivity contribution < 1.29 is 28.6 Å². The number of esters is 3. The molecule has 66 heavy (non-hydrogen) atoms. The first kappa shape index (κ1) is 63.4. The molecule has 0 rings (SSSR count). The molecule has 0 aromatic carbocycles. The fourth-order valence-electron chi connectivity index (χ4n) is 8.21. The molecule has 0 N–H and O–H groups in total. The minimum absolute atomic E-state index is 0.0776. The van der Waals surface area contributed by atoms with Gasteiger partial charge in [-0.3, -0.25) is 14.4 Å². The molecule has 6 nitrogen and oxygen atoms in total. The molecule has 1 atom stereocenters. The number of hydrogen-bond acceptors (Lipinski definition) is 6. The molecular formula is C60H108O6. The van der Waals surface area contributed by atoms with E-state index in [0.717, 1.165) is 89.9 Å². The Bertz CT molecular complexity index is 1150. The number of allylic oxidation sites excluding steroid dienone is 8. The monoisotopic (exact) mass is 925 g/mol. The highest BCUT2D eigenvalue weighted by Crippen LogP contribution is 2.15. The molecule has 0 saturated heterocycles. The summed E-state index contributed by atoms with van der Waals surface area (Å²) in [4.78, 5) is 38.1. The molecule has 1 unspecified atom stereocenters. The minimum Gasteiger partial charge on any atom is -0.462 e. The molecule has 0 aromatic heterocycles. The van der Waals surface area contributed by atoms with Crippen LogP contribution in [0, 0.1) is 0 Å². The van der Waals surface area contributed by atoms with Crippen molar-refractivity contribution in [2.45, 2.75) is 303 Å². The summed E-state index contributed by atoms with van der Waals surface area (Å²) in [5.74, 6) is -0.884. The predicted molar refractivity (Wildman–Crippen MR) is 284 cm³/mol. The van der Waals surface area contributed by atoms with Gasteiger partial charge in [0.15, 0.2) is 6.10 Å². The van der Waals surface area contributed by atoms with Crippen LogP contribution in [0.4, 0.5) is 0 Å². The van der Waals surface area contributed by atoms with Crippen molar-refractivity contribution in [3.05, 3.63) is 48.6 Å². The van der Waals surface area contributed by atoms with Crippen LogP contribution in [0.25, 0.3) is 0 Å². The number of carbonyl (C=O) groups excluding carboxylic acids is 3. The van der Waals surface area contributed by atoms with E-state index in [9.17, 15) is 14.4 Å². The van der Waals surface area contributed by atoms with Crippen molar-refractivity contribution in [1.82, 2.24) is 0 Å². The SMILES string of the molecule is CCCCCC/C=C\C/C=C\CCCCCCCC(=O)OC(COC(=O)CCCCCCCCCCC/C=C\C/C=C\CCCCCCC)COC(=O)CCCCCCCCCCCCC. The third-order valence-corrected chi connectivity index (χ3v) is 12.6. The first-order valence-corrected chi connectivity index (χ1v) is 28.6. The zero-order valence-corrected chi connectivity index (χ0v) is 44.0. The smallest absolute Gasteiger partial charge is 0.306 e. The lowest BCUT2D eigenvalue weighted by Gasteiger charge is -2.18. The maximum Gasteiger partial charge on any atom is 0.306 e. The first-order valence-electron chi connectivity index (χ1n) is 28.6. The van der Waals surface area contributed by atoms with Gasteiger partial charge in [0.1, 0.15) is 13.2 Å². The average molecular weight is 926 g/mol. The van der Waals surface area contributed by atoms with Gasteiger partial charge in [-0.25, -0.2) is 0 Å². The number of ether oxygens (including phenoxy) is 3. The van der Waals surface area contributed by atoms with Crippen LogP contribution < -0.4 is 0 Å². The van der Waals surface area contributed by atoms with Gasteiger partial charge in [0.05, 0.1) is 0 Å². The van der Waals surface area contributed by atoms with E-state index in [1.54, 1.807) is 0 Å². The molecule has 0 heterocycles. The standard InChI is InChI=1S/C60H108O6/c1-4-7-10-13-16-19-22-24-26-28-29-30-31-32-34-35-38-41-44-47-50-53-59(62)65-56-57(55-64-58(61)52-49-46-43-40-37-21-18-15-12-9-6-3)66-60(63)54-51-48-45-42-39-36-33-27-25-23-20-17-14-11-8-5-2/h20,22-24,27-29,33,57H,4-19,21,25-26,30-32,34-56H2,1-3H3/b23-20-,24-22-,29-28-,33-27-. The highest BCUT2D eigenvalue weighted by Gasteiger charge is 2.19. The van der Waals surface area contributed by atoms with Crippen LogP contribution in [-0.4, -0.2) is 37.2 Å². The summed E-state index contributed by atoms with van der Waals surface area (Å²) in [6.45, 7) is 6.62. The van der Waals surface area contributed by atoms with E-state index < -0.39 is 6.10 Å². The van der Waals surface area contributed by atoms with Crippen LogP contribution in [-0.2, 0) is 28.6 Å². The van der Waals surface area contributed by atoms with Crippen molar-refractivity contribution in [3.8, 4) is 0 Å². The van der Waals surface area contributed by atoms with Crippen LogP contribution in [0.2, 0.25) is 0 Å². The second-order valence-corrected chi connectivity index (χ2v) is 19.2. The quantitative estimate of drug-likeness (QED) is 0.0262. The lowest BCUT2D eigenvalue weighted by molar-refractivity contribution is -0.167. The normalized spacial score (nSPS) is 12.3. The van der Waals surface area contributed by atoms with Gasteiger partial charge < -0.3 is 14.2 Å². The van der Waals surface area contributed by atoms with E-state index >= 15 is 0 Å². The summed E-state index contributed by atoms with van der Waals surface area (Å²) in [6, 6.07) is 0. The predicted octanol–water partition coefficient (Wildman–Crippen LogP) is 19.0. The molecule has 0 aliphatic rings. The van der Waals surface area contributed by atoms with E-state index in [1.165, 1.54) is 167 Å². The Morgan fingerprint density at radius 2 is 0.545 bits per heavy atom. The summed E-state index contributed by atoms with van der Waals surface area (Å²) < 4.78 is 16.8. The molecule has 0 radical (unpaired) electrons. The van der Waals surface area contributed by atoms with E-state index in [2.05, 4.69) is 69.4 Å². The van der Waals surface area contributed by atoms with Crippen LogP contribution in [0.1, 0.15) is 297 Å². The second kappa shape index (κ2) is 55.0. The van der Waals surface area contributed by atoms with Gasteiger partial charge >= 0.3 is 17.9 Å². The van der Waals surface area contributed by atoms with Crippen molar-refractivity contribution in [2.24, 2.45) is 0 Å². The van der Waals surface area contributed by atoms with Gasteiger partial charge in [-0.1, -0.05) is 243 Å². The summed E-state index contributed by atoms with van der Waals surface area (Å²) in [5.41, 5.74) is 0. The van der Waals surface area contributed by atoms with Crippen molar-refractivity contribution in [1.29, 1.82) is 0 Å². The molecule has 0 fully saturated rings. The number of carbonyl (C=O) groups is 3. The number of hydrogen-bond donors (Lipinski definition) is 0. The fourth-order valence-corrected chi connectivity index (χ4v) is 8.21. The summed E-state index contributed by atoms with van der Waals surface area (Å²) in [6.07, 6.45) is 66.7. The zero-order chi connectivity index (χ0) is 47.9. The lowest BCUT2D eigenvalue weighted by atomic mass is 10.1. The molecule has 0 bridgehead atoms. The number of rotatable bonds is 52. The van der Waals surface area contributed by atoms with Crippen LogP contribution in [0.3, 0.4) is 0 Å². The topological polar surface area (TPSA) is 78.9 Å². The average Bonchev–Trinajstić information content (AvgIpc) is 3.31. The summed E-state index contributed by atoms with van der Waals surface area (Å²) in [7, 11) is 0. The van der Waals surface area contributed by atoms with Gasteiger partial charge in [-0.05, 0) is 83.5 Å². The van der Waals surface area contributed by atoms with Gasteiger partial charge in [-0.15, -0.1) is 0 Å². The molecule has 0 spiro atoms. The Morgan fingerprint density at radius 1 is 0.303 bits per heavy atom. The highest BCUT2D eigenvalue weighted by atomic mass is 16.6. The van der Waals surface area contributed by atoms with Crippen LogP contribution >= 0.6 is 0 Å². The molecule has 0 saturated carbocycles. The Labute approximate surface area is 409 Å². The maximum atomic E-state index is 12.8. The lowest BCUT2D eigenvalue weighted by Crippen LogP contribution is -2.30. The first-order chi connectivity index (χ1) is 32.5. The molecule has 0 amide bonds. The summed E-state index contributed by atoms with van der Waals surface area (Å²) >= 11 is 0. The third kappa shape index (κ3) is 52.3. The summed E-state index contributed by atoms with van der Waals surface area (Å²) in [5, 5.41) is 0. The Hall–Kier alpha value is -2.63. The van der Waals surface area contributed by atoms with E-state index in [1.807, 2.05) is 0 Å². The second-order valence-electron chi connectivity index (χ2n) is 19.2. The van der Waals surface area contributed by atoms with Gasteiger partial charge in [-0.2, -0.15) is 0 Å². The molecule has 0 aromatic rings. The van der Waals surface area contributed by atoms with Gasteiger partial charge in [0.25, 0.3) is 0 Å². The number of unbranched alkanes of at least 4 members (excludes halogenated alkanes) is 33. The van der Waals surface area contributed by atoms with E-state index in [-0.39, 0.29) is 31.1 Å². The molecule has 0 aliphatic carbocycles. The van der Waals surface area contributed by atoms with Gasteiger partial charge in [0.2, 0.25) is 0 Å². The van der Waals surface area contributed by atoms with Crippen molar-refractivity contribution in [2.75, 3.05) is 13.2 Å². The zero-order valence-electron chi connectivity index (χ0n) is 44.0. The van der Waals surface area contributed by atoms with Crippen molar-refractivity contribution >= 4 is 17.9 Å². The largest absolute Gasteiger partial charge is 0.462 e. The molecule has 0 aliphatic heterocycles. The van der Waals surface area contributed by atoms with E-state index in [0.29, 0.717) is 19.3 Å².